The predicted molar refractivity (Wildman–Crippen MR) is 124 cm³/mol. The third-order valence-corrected chi connectivity index (χ3v) is 5.61. The highest BCUT2D eigenvalue weighted by Crippen LogP contribution is 2.27. The molecule has 1 heterocycles. The molecule has 0 aliphatic heterocycles. The number of nitro groups is 1. The second kappa shape index (κ2) is 10.6. The van der Waals surface area contributed by atoms with Crippen molar-refractivity contribution < 1.29 is 24.0 Å². The number of nitrogens with zero attached hydrogens (tertiary/aromatic N) is 1. The molecule has 0 radical (unpaired) electrons. The molecule has 3 amide bonds. The Hall–Kier alpha value is -3.96. The first-order valence-electron chi connectivity index (χ1n) is 9.34. The van der Waals surface area contributed by atoms with Gasteiger partial charge in [0, 0.05) is 23.9 Å². The van der Waals surface area contributed by atoms with Gasteiger partial charge >= 0.3 is 6.09 Å². The molecule has 0 saturated carbocycles. The van der Waals surface area contributed by atoms with Crippen LogP contribution in [0.1, 0.15) is 25.6 Å². The van der Waals surface area contributed by atoms with E-state index >= 15 is 0 Å². The van der Waals surface area contributed by atoms with Crippen LogP contribution in [0.2, 0.25) is 4.34 Å². The number of halogens is 1. The van der Waals surface area contributed by atoms with E-state index in [1.165, 1.54) is 12.1 Å². The lowest BCUT2D eigenvalue weighted by Crippen LogP contribution is -2.23. The molecule has 12 heteroatoms. The SMILES string of the molecule is COC(=O)Nc1ccc(C(=O)Nc2ccccc2CNC(=O)c2ccc(Cl)s2)cc1[N+](=O)[O-]. The number of benzene rings is 2. The van der Waals surface area contributed by atoms with Gasteiger partial charge in [-0.2, -0.15) is 0 Å². The minimum absolute atomic E-state index is 0.00387. The number of amides is 3. The summed E-state index contributed by atoms with van der Waals surface area (Å²) in [5, 5.41) is 19.1. The summed E-state index contributed by atoms with van der Waals surface area (Å²) in [6.45, 7) is 0.132. The summed E-state index contributed by atoms with van der Waals surface area (Å²) in [6, 6.07) is 13.7. The van der Waals surface area contributed by atoms with Gasteiger partial charge in [-0.3, -0.25) is 25.0 Å². The molecule has 0 unspecified atom stereocenters. The summed E-state index contributed by atoms with van der Waals surface area (Å²) in [5.41, 5.74) is 0.472. The van der Waals surface area contributed by atoms with Crippen molar-refractivity contribution in [2.75, 3.05) is 17.7 Å². The average molecular weight is 489 g/mol. The second-order valence-corrected chi connectivity index (χ2v) is 8.22. The molecule has 0 aliphatic rings. The highest BCUT2D eigenvalue weighted by molar-refractivity contribution is 7.18. The number of carbonyl (C=O) groups excluding carboxylic acids is 3. The zero-order valence-electron chi connectivity index (χ0n) is 17.1. The fourth-order valence-corrected chi connectivity index (χ4v) is 3.74. The first kappa shape index (κ1) is 23.7. The number of hydrogen-bond donors (Lipinski definition) is 3. The van der Waals surface area contributed by atoms with E-state index in [1.54, 1.807) is 36.4 Å². The molecule has 0 aliphatic carbocycles. The van der Waals surface area contributed by atoms with E-state index in [0.29, 0.717) is 20.5 Å². The first-order chi connectivity index (χ1) is 15.8. The van der Waals surface area contributed by atoms with E-state index in [1.807, 2.05) is 0 Å². The number of anilines is 2. The predicted octanol–water partition coefficient (Wildman–Crippen LogP) is 4.67. The minimum Gasteiger partial charge on any atom is -0.453 e. The van der Waals surface area contributed by atoms with Gasteiger partial charge in [0.05, 0.1) is 21.2 Å². The third kappa shape index (κ3) is 6.05. The van der Waals surface area contributed by atoms with E-state index in [-0.39, 0.29) is 23.7 Å². The van der Waals surface area contributed by atoms with Crippen molar-refractivity contribution in [2.45, 2.75) is 6.54 Å². The molecular weight excluding hydrogens is 472 g/mol. The van der Waals surface area contributed by atoms with Crippen molar-refractivity contribution in [3.05, 3.63) is 85.1 Å². The fourth-order valence-electron chi connectivity index (χ4n) is 2.78. The van der Waals surface area contributed by atoms with Gasteiger partial charge in [-0.25, -0.2) is 4.79 Å². The summed E-state index contributed by atoms with van der Waals surface area (Å²) in [7, 11) is 1.12. The number of methoxy groups -OCH3 is 1. The Morgan fingerprint density at radius 3 is 2.45 bits per heavy atom. The summed E-state index contributed by atoms with van der Waals surface area (Å²) in [6.07, 6.45) is -0.879. The molecule has 3 rings (SSSR count). The van der Waals surface area contributed by atoms with Gasteiger partial charge in [0.15, 0.2) is 0 Å². The van der Waals surface area contributed by atoms with Crippen LogP contribution in [0.5, 0.6) is 0 Å². The van der Waals surface area contributed by atoms with E-state index in [4.69, 9.17) is 11.6 Å². The number of para-hydroxylation sites is 1. The molecule has 0 bridgehead atoms. The zero-order valence-corrected chi connectivity index (χ0v) is 18.7. The zero-order chi connectivity index (χ0) is 24.0. The first-order valence-corrected chi connectivity index (χ1v) is 10.5. The Morgan fingerprint density at radius 1 is 1.03 bits per heavy atom. The fraction of sp³-hybridized carbons (Fsp3) is 0.0952. The summed E-state index contributed by atoms with van der Waals surface area (Å²) in [5.74, 6) is -0.913. The molecule has 0 saturated heterocycles. The van der Waals surface area contributed by atoms with Gasteiger partial charge in [0.2, 0.25) is 0 Å². The van der Waals surface area contributed by atoms with E-state index in [0.717, 1.165) is 24.5 Å². The van der Waals surface area contributed by atoms with Crippen LogP contribution in [0.3, 0.4) is 0 Å². The van der Waals surface area contributed by atoms with Gasteiger partial charge in [-0.05, 0) is 35.9 Å². The standard InChI is InChI=1S/C21H17ClN4O6S/c1-32-21(29)25-15-7-6-12(10-16(15)26(30)31)19(27)24-14-5-3-2-4-13(14)11-23-20(28)17-8-9-18(22)33-17/h2-10H,11H2,1H3,(H,23,28)(H,24,27)(H,25,29). The van der Waals surface area contributed by atoms with E-state index in [9.17, 15) is 24.5 Å². The summed E-state index contributed by atoms with van der Waals surface area (Å²) >= 11 is 7.00. The van der Waals surface area contributed by atoms with Crippen molar-refractivity contribution in [3.8, 4) is 0 Å². The van der Waals surface area contributed by atoms with Gasteiger partial charge < -0.3 is 15.4 Å². The maximum Gasteiger partial charge on any atom is 0.411 e. The van der Waals surface area contributed by atoms with Gasteiger partial charge in [-0.15, -0.1) is 11.3 Å². The minimum atomic E-state index is -0.879. The number of ether oxygens (including phenoxy) is 1. The molecule has 170 valence electrons. The quantitative estimate of drug-likeness (QED) is 0.326. The molecule has 33 heavy (non-hydrogen) atoms. The molecule has 10 nitrogen and oxygen atoms in total. The van der Waals surface area contributed by atoms with Crippen LogP contribution in [0.15, 0.2) is 54.6 Å². The maximum absolute atomic E-state index is 12.7. The Balaban J connectivity index is 1.75. The number of nitro benzene ring substituents is 1. The number of thiophene rings is 1. The van der Waals surface area contributed by atoms with Crippen molar-refractivity contribution in [1.29, 1.82) is 0 Å². The van der Waals surface area contributed by atoms with Crippen LogP contribution in [-0.2, 0) is 11.3 Å². The Bertz CT molecular complexity index is 1230. The van der Waals surface area contributed by atoms with Crippen LogP contribution in [0.4, 0.5) is 21.9 Å². The number of rotatable bonds is 7. The lowest BCUT2D eigenvalue weighted by Gasteiger charge is -2.12. The van der Waals surface area contributed by atoms with Crippen molar-refractivity contribution in [2.24, 2.45) is 0 Å². The smallest absolute Gasteiger partial charge is 0.411 e. The topological polar surface area (TPSA) is 140 Å². The van der Waals surface area contributed by atoms with Crippen molar-refractivity contribution in [1.82, 2.24) is 5.32 Å². The molecule has 3 aromatic rings. The molecule has 0 fully saturated rings. The van der Waals surface area contributed by atoms with Crippen LogP contribution in [0, 0.1) is 10.1 Å². The highest BCUT2D eigenvalue weighted by Gasteiger charge is 2.20. The Morgan fingerprint density at radius 2 is 1.79 bits per heavy atom. The summed E-state index contributed by atoms with van der Waals surface area (Å²) < 4.78 is 4.94. The van der Waals surface area contributed by atoms with E-state index in [2.05, 4.69) is 20.7 Å². The Labute approximate surface area is 196 Å². The number of nitrogens with one attached hydrogen (secondary N) is 3. The largest absolute Gasteiger partial charge is 0.453 e. The summed E-state index contributed by atoms with van der Waals surface area (Å²) in [4.78, 5) is 47.5. The molecule has 0 spiro atoms. The average Bonchev–Trinajstić information content (AvgIpc) is 3.24. The van der Waals surface area contributed by atoms with Crippen molar-refractivity contribution >= 4 is 57.9 Å². The van der Waals surface area contributed by atoms with Crippen LogP contribution in [-0.4, -0.2) is 29.9 Å². The molecule has 0 atom stereocenters. The van der Waals surface area contributed by atoms with Crippen molar-refractivity contribution in [3.63, 3.8) is 0 Å². The second-order valence-electron chi connectivity index (χ2n) is 6.50. The van der Waals surface area contributed by atoms with Gasteiger partial charge in [-0.1, -0.05) is 29.8 Å². The van der Waals surface area contributed by atoms with Gasteiger partial charge in [0.25, 0.3) is 17.5 Å². The van der Waals surface area contributed by atoms with E-state index < -0.39 is 22.6 Å². The molecule has 1 aromatic heterocycles. The van der Waals surface area contributed by atoms with Crippen LogP contribution >= 0.6 is 22.9 Å². The van der Waals surface area contributed by atoms with Gasteiger partial charge in [0.1, 0.15) is 5.69 Å². The maximum atomic E-state index is 12.7. The molecule has 3 N–H and O–H groups in total. The monoisotopic (exact) mass is 488 g/mol. The lowest BCUT2D eigenvalue weighted by atomic mass is 10.1. The highest BCUT2D eigenvalue weighted by atomic mass is 35.5. The van der Waals surface area contributed by atoms with Crippen LogP contribution in [0.25, 0.3) is 0 Å². The Kier molecular flexibility index (Phi) is 7.59. The molecular formula is C21H17ClN4O6S. The number of carbonyl (C=O) groups is 3. The number of hydrogen-bond acceptors (Lipinski definition) is 7. The molecule has 2 aromatic carbocycles. The normalized spacial score (nSPS) is 10.2. The third-order valence-electron chi connectivity index (χ3n) is 4.38. The lowest BCUT2D eigenvalue weighted by molar-refractivity contribution is -0.383. The van der Waals surface area contributed by atoms with Crippen LogP contribution < -0.4 is 16.0 Å².